The summed E-state index contributed by atoms with van der Waals surface area (Å²) in [5.41, 5.74) is 2.32. The summed E-state index contributed by atoms with van der Waals surface area (Å²) in [4.78, 5) is 23.7. The zero-order valence-electron chi connectivity index (χ0n) is 16.0. The van der Waals surface area contributed by atoms with Crippen LogP contribution in [-0.4, -0.2) is 33.9 Å². The van der Waals surface area contributed by atoms with Gasteiger partial charge in [0, 0.05) is 36.3 Å². The molecule has 6 heteroatoms. The number of halogens is 1. The number of amides is 1. The maximum Gasteiger partial charge on any atom is 0.272 e. The fraction of sp³-hybridized carbons (Fsp3) is 0.227. The Kier molecular flexibility index (Phi) is 6.61. The van der Waals surface area contributed by atoms with E-state index in [9.17, 15) is 4.79 Å². The van der Waals surface area contributed by atoms with E-state index >= 15 is 0 Å². The number of aromatic nitrogens is 2. The van der Waals surface area contributed by atoms with Crippen LogP contribution in [0.3, 0.4) is 0 Å². The molecule has 5 nitrogen and oxygen atoms in total. The van der Waals surface area contributed by atoms with Crippen molar-refractivity contribution in [3.8, 4) is 11.4 Å². The molecule has 0 radical (unpaired) electrons. The first-order valence-corrected chi connectivity index (χ1v) is 9.70. The lowest BCUT2D eigenvalue weighted by molar-refractivity contribution is 0.0767. The van der Waals surface area contributed by atoms with Crippen molar-refractivity contribution in [3.05, 3.63) is 76.9 Å². The highest BCUT2D eigenvalue weighted by molar-refractivity contribution is 6.30. The largest absolute Gasteiger partial charge is 0.366 e. The predicted molar refractivity (Wildman–Crippen MR) is 113 cm³/mol. The van der Waals surface area contributed by atoms with E-state index in [2.05, 4.69) is 15.3 Å². The standard InChI is InChI=1S/C22H23ClN4O/c1-3-27(4-2)22(28)19-14-20(24-15-16-10-12-18(23)13-11-16)26-21(25-19)17-8-6-5-7-9-17/h5-14H,3-4,15H2,1-2H3,(H,24,25,26). The number of carbonyl (C=O) groups is 1. The van der Waals surface area contributed by atoms with Crippen molar-refractivity contribution in [1.82, 2.24) is 14.9 Å². The Morgan fingerprint density at radius 3 is 2.32 bits per heavy atom. The summed E-state index contributed by atoms with van der Waals surface area (Å²) in [7, 11) is 0. The first kappa shape index (κ1) is 19.8. The second-order valence-electron chi connectivity index (χ2n) is 6.29. The second kappa shape index (κ2) is 9.33. The molecule has 1 aromatic heterocycles. The zero-order valence-corrected chi connectivity index (χ0v) is 16.8. The van der Waals surface area contributed by atoms with E-state index in [1.165, 1.54) is 0 Å². The van der Waals surface area contributed by atoms with Crippen molar-refractivity contribution in [2.24, 2.45) is 0 Å². The van der Waals surface area contributed by atoms with Gasteiger partial charge in [0.15, 0.2) is 5.82 Å². The van der Waals surface area contributed by atoms with Crippen LogP contribution in [0.25, 0.3) is 11.4 Å². The van der Waals surface area contributed by atoms with Gasteiger partial charge in [-0.1, -0.05) is 54.1 Å². The summed E-state index contributed by atoms with van der Waals surface area (Å²) in [5.74, 6) is 1.04. The molecule has 0 aliphatic rings. The number of rotatable bonds is 7. The Labute approximate surface area is 170 Å². The van der Waals surface area contributed by atoms with Gasteiger partial charge in [-0.2, -0.15) is 0 Å². The fourth-order valence-corrected chi connectivity index (χ4v) is 2.96. The van der Waals surface area contributed by atoms with Crippen LogP contribution >= 0.6 is 11.6 Å². The molecule has 0 unspecified atom stereocenters. The molecule has 3 rings (SSSR count). The van der Waals surface area contributed by atoms with E-state index < -0.39 is 0 Å². The van der Waals surface area contributed by atoms with E-state index in [4.69, 9.17) is 11.6 Å². The number of anilines is 1. The van der Waals surface area contributed by atoms with Gasteiger partial charge in [0.05, 0.1) is 0 Å². The van der Waals surface area contributed by atoms with Gasteiger partial charge >= 0.3 is 0 Å². The Hall–Kier alpha value is -2.92. The smallest absolute Gasteiger partial charge is 0.272 e. The molecule has 0 atom stereocenters. The maximum atomic E-state index is 12.8. The minimum absolute atomic E-state index is 0.0980. The lowest BCUT2D eigenvalue weighted by atomic mass is 10.2. The van der Waals surface area contributed by atoms with Crippen molar-refractivity contribution in [3.63, 3.8) is 0 Å². The number of hydrogen-bond acceptors (Lipinski definition) is 4. The molecule has 1 amide bonds. The number of benzene rings is 2. The van der Waals surface area contributed by atoms with Crippen LogP contribution in [0, 0.1) is 0 Å². The van der Waals surface area contributed by atoms with Gasteiger partial charge in [-0.15, -0.1) is 0 Å². The summed E-state index contributed by atoms with van der Waals surface area (Å²) in [6.07, 6.45) is 0. The second-order valence-corrected chi connectivity index (χ2v) is 6.72. The monoisotopic (exact) mass is 394 g/mol. The first-order valence-electron chi connectivity index (χ1n) is 9.32. The van der Waals surface area contributed by atoms with E-state index in [0.29, 0.717) is 42.0 Å². The number of nitrogens with one attached hydrogen (secondary N) is 1. The molecule has 1 heterocycles. The molecule has 0 bridgehead atoms. The van der Waals surface area contributed by atoms with E-state index in [0.717, 1.165) is 11.1 Å². The topological polar surface area (TPSA) is 58.1 Å². The minimum Gasteiger partial charge on any atom is -0.366 e. The van der Waals surface area contributed by atoms with Crippen LogP contribution in [0.15, 0.2) is 60.7 Å². The van der Waals surface area contributed by atoms with E-state index in [-0.39, 0.29) is 5.91 Å². The molecular formula is C22H23ClN4O. The number of carbonyl (C=O) groups excluding carboxylic acids is 1. The van der Waals surface area contributed by atoms with Crippen LogP contribution in [0.2, 0.25) is 5.02 Å². The molecule has 144 valence electrons. The molecule has 3 aromatic rings. The van der Waals surface area contributed by atoms with Crippen molar-refractivity contribution >= 4 is 23.3 Å². The third-order valence-corrected chi connectivity index (χ3v) is 4.67. The molecule has 0 fully saturated rings. The average molecular weight is 395 g/mol. The van der Waals surface area contributed by atoms with Crippen LogP contribution in [-0.2, 0) is 6.54 Å². The van der Waals surface area contributed by atoms with Crippen LogP contribution < -0.4 is 5.32 Å². The number of nitrogens with zero attached hydrogens (tertiary/aromatic N) is 3. The highest BCUT2D eigenvalue weighted by Crippen LogP contribution is 2.19. The summed E-state index contributed by atoms with van der Waals surface area (Å²) in [5, 5.41) is 3.99. The summed E-state index contributed by atoms with van der Waals surface area (Å²) < 4.78 is 0. The minimum atomic E-state index is -0.0980. The summed E-state index contributed by atoms with van der Waals surface area (Å²) in [6.45, 7) is 5.75. The first-order chi connectivity index (χ1) is 13.6. The molecule has 28 heavy (non-hydrogen) atoms. The summed E-state index contributed by atoms with van der Waals surface area (Å²) in [6, 6.07) is 19.0. The Balaban J connectivity index is 1.92. The van der Waals surface area contributed by atoms with Gasteiger partial charge in [0.2, 0.25) is 0 Å². The molecule has 0 spiro atoms. The van der Waals surface area contributed by atoms with Gasteiger partial charge in [0.25, 0.3) is 5.91 Å². The molecule has 1 N–H and O–H groups in total. The van der Waals surface area contributed by atoms with Gasteiger partial charge in [-0.05, 0) is 31.5 Å². The molecule has 0 aliphatic carbocycles. The Bertz CT molecular complexity index is 925. The average Bonchev–Trinajstić information content (AvgIpc) is 2.74. The lowest BCUT2D eigenvalue weighted by Gasteiger charge is -2.19. The summed E-state index contributed by atoms with van der Waals surface area (Å²) >= 11 is 5.95. The van der Waals surface area contributed by atoms with E-state index in [1.807, 2.05) is 68.4 Å². The molecule has 2 aromatic carbocycles. The SMILES string of the molecule is CCN(CC)C(=O)c1cc(NCc2ccc(Cl)cc2)nc(-c2ccccc2)n1. The van der Waals surface area contributed by atoms with Crippen molar-refractivity contribution in [2.45, 2.75) is 20.4 Å². The number of hydrogen-bond donors (Lipinski definition) is 1. The lowest BCUT2D eigenvalue weighted by Crippen LogP contribution is -2.31. The van der Waals surface area contributed by atoms with E-state index in [1.54, 1.807) is 11.0 Å². The Morgan fingerprint density at radius 1 is 1.00 bits per heavy atom. The fourth-order valence-electron chi connectivity index (χ4n) is 2.83. The van der Waals surface area contributed by atoms with Crippen LogP contribution in [0.5, 0.6) is 0 Å². The quantitative estimate of drug-likeness (QED) is 0.619. The molecule has 0 saturated heterocycles. The highest BCUT2D eigenvalue weighted by Gasteiger charge is 2.17. The third-order valence-electron chi connectivity index (χ3n) is 4.41. The van der Waals surface area contributed by atoms with Gasteiger partial charge in [-0.25, -0.2) is 9.97 Å². The van der Waals surface area contributed by atoms with Gasteiger partial charge < -0.3 is 10.2 Å². The maximum absolute atomic E-state index is 12.8. The van der Waals surface area contributed by atoms with Crippen LogP contribution in [0.1, 0.15) is 29.9 Å². The van der Waals surface area contributed by atoms with Gasteiger partial charge in [-0.3, -0.25) is 4.79 Å². The van der Waals surface area contributed by atoms with Gasteiger partial charge in [0.1, 0.15) is 11.5 Å². The Morgan fingerprint density at radius 2 is 1.68 bits per heavy atom. The third kappa shape index (κ3) is 4.87. The molecular weight excluding hydrogens is 372 g/mol. The normalized spacial score (nSPS) is 10.5. The van der Waals surface area contributed by atoms with Crippen molar-refractivity contribution in [1.29, 1.82) is 0 Å². The zero-order chi connectivity index (χ0) is 19.9. The molecule has 0 saturated carbocycles. The van der Waals surface area contributed by atoms with Crippen molar-refractivity contribution in [2.75, 3.05) is 18.4 Å². The van der Waals surface area contributed by atoms with Crippen molar-refractivity contribution < 1.29 is 4.79 Å². The predicted octanol–water partition coefficient (Wildman–Crippen LogP) is 4.89. The van der Waals surface area contributed by atoms with Crippen LogP contribution in [0.4, 0.5) is 5.82 Å². The highest BCUT2D eigenvalue weighted by atomic mass is 35.5. The molecule has 0 aliphatic heterocycles.